The Balaban J connectivity index is 0.793. The highest BCUT2D eigenvalue weighted by atomic mass is 32.3. The molecule has 6 aliphatic heterocycles. The van der Waals surface area contributed by atoms with Gasteiger partial charge in [-0.05, 0) is 54.2 Å². The Kier molecular flexibility index (Phi) is 23.4. The van der Waals surface area contributed by atoms with Crippen LogP contribution in [0.15, 0.2) is 130 Å². The Morgan fingerprint density at radius 2 is 0.963 bits per heavy atom. The van der Waals surface area contributed by atoms with Crippen LogP contribution in [-0.4, -0.2) is 109 Å². The number of ether oxygens (including phenoxy) is 4. The van der Waals surface area contributed by atoms with E-state index in [2.05, 4.69) is 23.1 Å². The van der Waals surface area contributed by atoms with Crippen molar-refractivity contribution in [3.05, 3.63) is 146 Å². The van der Waals surface area contributed by atoms with Gasteiger partial charge >= 0.3 is 24.0 Å². The van der Waals surface area contributed by atoms with Gasteiger partial charge in [0.15, 0.2) is 0 Å². The molecule has 1 aliphatic carbocycles. The van der Waals surface area contributed by atoms with Crippen molar-refractivity contribution >= 4 is 218 Å². The Hall–Kier alpha value is -1.15. The number of fused-ring (bicyclic) bond motifs is 3. The number of carbonyl (C=O) groups is 5. The lowest BCUT2D eigenvalue weighted by atomic mass is 9.98. The molecule has 2 amide bonds. The SMILES string of the molecule is CSC1=C(SCCOC(=O)C[C@H](NC(=O)OCC2c3ccccc3-c3ccccc32)C(=O)N[C@@H](CC(=O)OCCSC2=C(SC)SC(=C3SC4=C(SCCS4)S3)S2)C(=O)OC(C)(C)c2ccccc2)SC(=C2SC3=C(SCCS3)S2)S1. The van der Waals surface area contributed by atoms with E-state index < -0.39 is 60.4 Å². The number of carbonyl (C=O) groups excluding carboxylic acids is 5. The number of amides is 2. The molecule has 0 bridgehead atoms. The zero-order valence-electron chi connectivity index (χ0n) is 43.7. The summed E-state index contributed by atoms with van der Waals surface area (Å²) in [6.07, 6.45) is 1.98. The first-order valence-corrected chi connectivity index (χ1v) is 40.0. The summed E-state index contributed by atoms with van der Waals surface area (Å²) in [4.78, 5) is 70.3. The van der Waals surface area contributed by atoms with Crippen LogP contribution in [0.4, 0.5) is 4.79 Å². The number of esters is 3. The molecule has 6 heterocycles. The molecule has 27 heteroatoms. The minimum atomic E-state index is -1.58. The minimum Gasteiger partial charge on any atom is -0.465 e. The van der Waals surface area contributed by atoms with Crippen molar-refractivity contribution in [1.29, 1.82) is 0 Å². The highest BCUT2D eigenvalue weighted by Crippen LogP contribution is 2.68. The van der Waals surface area contributed by atoms with Crippen molar-refractivity contribution in [2.75, 3.05) is 66.8 Å². The van der Waals surface area contributed by atoms with Gasteiger partial charge in [-0.1, -0.05) is 173 Å². The highest BCUT2D eigenvalue weighted by Gasteiger charge is 2.38. The molecule has 0 saturated heterocycles. The largest absolute Gasteiger partial charge is 0.465 e. The molecule has 0 unspecified atom stereocenters. The van der Waals surface area contributed by atoms with E-state index >= 15 is 0 Å². The molecule has 0 fully saturated rings. The maximum absolute atomic E-state index is 14.6. The maximum atomic E-state index is 14.6. The third-order valence-electron chi connectivity index (χ3n) is 12.2. The standard InChI is InChI=1S/C54H52N2O9S16/c1-54(2,29-12-6-5-7-13-29)65-40(60)36(27-38(58)63-19-21-69-44-42(67-4)75-50(77-44)52-80-47-48(81-52)73-25-24-72-47)55-39(59)35(56-53(61)64-28-34-32-16-10-8-14-30(32)31-15-9-11-17-33(31)34)26-37(57)62-18-20-68-43-41(66-3)74-49(76-43)51-78-45-46(79-51)71-23-22-70-45/h5-17,34-36H,18-28H2,1-4H3,(H,55,59)(H,56,61)/t35-,36-/m0/s1. The van der Waals surface area contributed by atoms with Gasteiger partial charge in [-0.2, -0.15) is 0 Å². The molecular formula is C54H52N2O9S16. The molecule has 81 heavy (non-hydrogen) atoms. The minimum absolute atomic E-state index is 0.0352. The molecule has 2 N–H and O–H groups in total. The van der Waals surface area contributed by atoms with Gasteiger partial charge in [0.2, 0.25) is 5.91 Å². The summed E-state index contributed by atoms with van der Waals surface area (Å²) >= 11 is 28.8. The van der Waals surface area contributed by atoms with Crippen LogP contribution in [0.25, 0.3) is 11.1 Å². The van der Waals surface area contributed by atoms with Gasteiger partial charge in [0.25, 0.3) is 0 Å². The third kappa shape index (κ3) is 16.3. The predicted molar refractivity (Wildman–Crippen MR) is 365 cm³/mol. The fourth-order valence-corrected chi connectivity index (χ4v) is 31.6. The van der Waals surface area contributed by atoms with Gasteiger partial charge < -0.3 is 29.6 Å². The monoisotopic (exact) mass is 1380 g/mol. The molecule has 0 aromatic heterocycles. The number of rotatable bonds is 22. The summed E-state index contributed by atoms with van der Waals surface area (Å²) in [7, 11) is 0. The molecule has 3 aromatic rings. The van der Waals surface area contributed by atoms with Crippen LogP contribution in [0.5, 0.6) is 0 Å². The molecule has 428 valence electrons. The highest BCUT2D eigenvalue weighted by molar-refractivity contribution is 8.46. The van der Waals surface area contributed by atoms with Crippen LogP contribution >= 0.6 is 188 Å². The summed E-state index contributed by atoms with van der Waals surface area (Å²) in [5.74, 6) is 1.80. The number of thioether (sulfide) groups is 16. The Bertz CT molecular complexity index is 3060. The molecule has 0 radical (unpaired) electrons. The van der Waals surface area contributed by atoms with E-state index in [-0.39, 0.29) is 25.7 Å². The lowest BCUT2D eigenvalue weighted by Crippen LogP contribution is -2.54. The van der Waals surface area contributed by atoms with Gasteiger partial charge in [-0.3, -0.25) is 14.4 Å². The van der Waals surface area contributed by atoms with E-state index in [9.17, 15) is 24.0 Å². The summed E-state index contributed by atoms with van der Waals surface area (Å²) in [6, 6.07) is 21.8. The zero-order chi connectivity index (χ0) is 56.5. The van der Waals surface area contributed by atoms with E-state index in [4.69, 9.17) is 18.9 Å². The molecule has 0 saturated carbocycles. The smallest absolute Gasteiger partial charge is 0.407 e. The van der Waals surface area contributed by atoms with Crippen molar-refractivity contribution in [3.63, 3.8) is 0 Å². The van der Waals surface area contributed by atoms with E-state index in [1.807, 2.05) is 173 Å². The number of alkyl carbamates (subject to hydrolysis) is 1. The van der Waals surface area contributed by atoms with Crippen LogP contribution in [0.1, 0.15) is 49.3 Å². The summed E-state index contributed by atoms with van der Waals surface area (Å²) in [5.41, 5.74) is 3.59. The van der Waals surface area contributed by atoms with Crippen molar-refractivity contribution < 1.29 is 42.9 Å². The first kappa shape index (κ1) is 62.9. The first-order chi connectivity index (χ1) is 39.3. The number of hydrogen-bond acceptors (Lipinski definition) is 25. The number of benzene rings is 3. The fourth-order valence-electron chi connectivity index (χ4n) is 8.45. The van der Waals surface area contributed by atoms with Gasteiger partial charge in [-0.15, -0.1) is 94.1 Å². The fraction of sp³-hybridized carbons (Fsp3) is 0.352. The van der Waals surface area contributed by atoms with Crippen molar-refractivity contribution in [2.24, 2.45) is 0 Å². The maximum Gasteiger partial charge on any atom is 0.407 e. The Labute approximate surface area is 540 Å². The van der Waals surface area contributed by atoms with Crippen molar-refractivity contribution in [2.45, 2.75) is 50.3 Å². The normalized spacial score (nSPS) is 18.7. The van der Waals surface area contributed by atoms with Crippen LogP contribution in [0, 0.1) is 0 Å². The third-order valence-corrected chi connectivity index (χ3v) is 35.5. The topological polar surface area (TPSA) is 146 Å². The van der Waals surface area contributed by atoms with E-state index in [1.54, 1.807) is 108 Å². The lowest BCUT2D eigenvalue weighted by molar-refractivity contribution is -0.164. The summed E-state index contributed by atoms with van der Waals surface area (Å²) in [6.45, 7) is 3.45. The second kappa shape index (κ2) is 30.2. The molecule has 0 spiro atoms. The van der Waals surface area contributed by atoms with Crippen LogP contribution < -0.4 is 10.6 Å². The van der Waals surface area contributed by atoms with Crippen LogP contribution in [-0.2, 0) is 43.7 Å². The van der Waals surface area contributed by atoms with Crippen LogP contribution in [0.3, 0.4) is 0 Å². The Morgan fingerprint density at radius 1 is 0.531 bits per heavy atom. The van der Waals surface area contributed by atoms with Gasteiger partial charge in [0.05, 0.1) is 63.7 Å². The number of nitrogens with one attached hydrogen (secondary N) is 2. The first-order valence-electron chi connectivity index (χ1n) is 25.1. The van der Waals surface area contributed by atoms with Crippen molar-refractivity contribution in [1.82, 2.24) is 10.6 Å². The molecule has 10 rings (SSSR count). The van der Waals surface area contributed by atoms with E-state index in [0.717, 1.165) is 53.7 Å². The zero-order valence-corrected chi connectivity index (χ0v) is 56.8. The molecular weight excluding hydrogens is 1330 g/mol. The van der Waals surface area contributed by atoms with E-state index in [0.29, 0.717) is 17.1 Å². The molecule has 7 aliphatic rings. The van der Waals surface area contributed by atoms with Gasteiger partial charge in [-0.25, -0.2) is 9.59 Å². The Morgan fingerprint density at radius 3 is 1.44 bits per heavy atom. The second-order valence-electron chi connectivity index (χ2n) is 18.0. The molecule has 2 atom stereocenters. The van der Waals surface area contributed by atoms with Gasteiger partial charge in [0.1, 0.15) is 37.5 Å². The van der Waals surface area contributed by atoms with Crippen LogP contribution in [0.2, 0.25) is 0 Å². The molecule has 11 nitrogen and oxygen atoms in total. The quantitative estimate of drug-likeness (QED) is 0.0558. The lowest BCUT2D eigenvalue weighted by Gasteiger charge is -2.29. The summed E-state index contributed by atoms with van der Waals surface area (Å²) < 4.78 is 38.8. The average molecular weight is 1390 g/mol. The van der Waals surface area contributed by atoms with Gasteiger partial charge in [0, 0.05) is 40.4 Å². The summed E-state index contributed by atoms with van der Waals surface area (Å²) in [5, 5.41) is 5.25. The number of hydrogen-bond donors (Lipinski definition) is 2. The predicted octanol–water partition coefficient (Wildman–Crippen LogP) is 16.6. The molecule has 3 aromatic carbocycles. The average Bonchev–Trinajstić information content (AvgIpc) is 4.34. The van der Waals surface area contributed by atoms with Crippen molar-refractivity contribution in [3.8, 4) is 11.1 Å². The second-order valence-corrected chi connectivity index (χ2v) is 37.5. The van der Waals surface area contributed by atoms with E-state index in [1.165, 1.54) is 42.4 Å².